The lowest BCUT2D eigenvalue weighted by Crippen LogP contribution is -2.33. The second-order valence-corrected chi connectivity index (χ2v) is 8.71. The van der Waals surface area contributed by atoms with E-state index >= 15 is 0 Å². The summed E-state index contributed by atoms with van der Waals surface area (Å²) >= 11 is 5.93. The van der Waals surface area contributed by atoms with E-state index in [0.717, 1.165) is 74.7 Å². The van der Waals surface area contributed by atoms with Crippen molar-refractivity contribution in [3.63, 3.8) is 0 Å². The number of hydrogen-bond acceptors (Lipinski definition) is 5. The zero-order chi connectivity index (χ0) is 21.5. The smallest absolute Gasteiger partial charge is 0.160 e. The molecule has 2 aromatic rings. The molecule has 1 aliphatic rings. The fourth-order valence-corrected chi connectivity index (χ4v) is 4.60. The van der Waals surface area contributed by atoms with Gasteiger partial charge < -0.3 is 26.4 Å². The maximum absolute atomic E-state index is 10.1. The Kier molecular flexibility index (Phi) is 8.25. The van der Waals surface area contributed by atoms with Gasteiger partial charge in [0.15, 0.2) is 11.5 Å². The molecule has 30 heavy (non-hydrogen) atoms. The monoisotopic (exact) mass is 432 g/mol. The summed E-state index contributed by atoms with van der Waals surface area (Å²) in [7, 11) is 0. The number of unbranched alkanes of at least 4 members (excludes halogenated alkanes) is 3. The minimum atomic E-state index is -0.0380. The standard InChI is InChI=1S/C24H33ClN2O3/c25-20-15-16(6-10-22(20)28)12-14-27-13-4-2-1-3-5-18-17-8-11-23(29)24(30)19(17)7-9-21(18)26/h6,8,10-11,15,18,21,27-30H,1-5,7,9,12-14,26H2. The zero-order valence-corrected chi connectivity index (χ0v) is 18.2. The van der Waals surface area contributed by atoms with Gasteiger partial charge in [-0.15, -0.1) is 0 Å². The summed E-state index contributed by atoms with van der Waals surface area (Å²) in [4.78, 5) is 0. The van der Waals surface area contributed by atoms with Crippen LogP contribution in [0.1, 0.15) is 61.1 Å². The summed E-state index contributed by atoms with van der Waals surface area (Å²) in [6.45, 7) is 1.88. The van der Waals surface area contributed by atoms with Crippen molar-refractivity contribution >= 4 is 11.6 Å². The number of rotatable bonds is 10. The topological polar surface area (TPSA) is 98.7 Å². The van der Waals surface area contributed by atoms with Gasteiger partial charge in [0.2, 0.25) is 0 Å². The van der Waals surface area contributed by atoms with Gasteiger partial charge in [-0.1, -0.05) is 43.0 Å². The third-order valence-corrected chi connectivity index (χ3v) is 6.47. The van der Waals surface area contributed by atoms with Crippen LogP contribution in [0.25, 0.3) is 0 Å². The predicted octanol–water partition coefficient (Wildman–Crippen LogP) is 4.60. The first-order valence-corrected chi connectivity index (χ1v) is 11.3. The number of benzene rings is 2. The van der Waals surface area contributed by atoms with Gasteiger partial charge in [-0.25, -0.2) is 0 Å². The van der Waals surface area contributed by atoms with E-state index in [4.69, 9.17) is 17.3 Å². The Morgan fingerprint density at radius 3 is 2.53 bits per heavy atom. The van der Waals surface area contributed by atoms with Crippen molar-refractivity contribution in [1.29, 1.82) is 0 Å². The fourth-order valence-electron chi connectivity index (χ4n) is 4.39. The normalized spacial score (nSPS) is 18.3. The SMILES string of the molecule is NC1CCc2c(ccc(O)c2O)C1CCCCCCNCCc1ccc(O)c(Cl)c1. The Morgan fingerprint density at radius 1 is 0.967 bits per heavy atom. The molecule has 2 aromatic carbocycles. The van der Waals surface area contributed by atoms with Gasteiger partial charge in [0.25, 0.3) is 0 Å². The largest absolute Gasteiger partial charge is 0.506 e. The van der Waals surface area contributed by atoms with Crippen molar-refractivity contribution in [3.8, 4) is 17.2 Å². The molecule has 1 aliphatic carbocycles. The first kappa shape index (κ1) is 22.7. The highest BCUT2D eigenvalue weighted by atomic mass is 35.5. The molecule has 0 bridgehead atoms. The van der Waals surface area contributed by atoms with Gasteiger partial charge in [0.05, 0.1) is 5.02 Å². The Balaban J connectivity index is 1.31. The molecule has 0 fully saturated rings. The summed E-state index contributed by atoms with van der Waals surface area (Å²) in [6.07, 6.45) is 8.09. The van der Waals surface area contributed by atoms with Crippen LogP contribution in [0.5, 0.6) is 17.2 Å². The van der Waals surface area contributed by atoms with Crippen LogP contribution in [0.15, 0.2) is 30.3 Å². The van der Waals surface area contributed by atoms with Gasteiger partial charge in [-0.3, -0.25) is 0 Å². The molecule has 164 valence electrons. The molecule has 0 saturated heterocycles. The molecular formula is C24H33ClN2O3. The Hall–Kier alpha value is -1.95. The minimum Gasteiger partial charge on any atom is -0.506 e. The van der Waals surface area contributed by atoms with E-state index in [9.17, 15) is 15.3 Å². The van der Waals surface area contributed by atoms with Gasteiger partial charge in [-0.05, 0) is 80.4 Å². The molecule has 0 saturated carbocycles. The first-order valence-electron chi connectivity index (χ1n) is 10.9. The Labute approximate surface area is 183 Å². The van der Waals surface area contributed by atoms with Crippen LogP contribution in [-0.4, -0.2) is 34.5 Å². The van der Waals surface area contributed by atoms with E-state index in [1.807, 2.05) is 18.2 Å². The van der Waals surface area contributed by atoms with Crippen molar-refractivity contribution in [1.82, 2.24) is 5.32 Å². The second-order valence-electron chi connectivity index (χ2n) is 8.30. The lowest BCUT2D eigenvalue weighted by molar-refractivity contribution is 0.380. The van der Waals surface area contributed by atoms with Crippen LogP contribution in [0.3, 0.4) is 0 Å². The molecule has 0 aromatic heterocycles. The van der Waals surface area contributed by atoms with Crippen LogP contribution < -0.4 is 11.1 Å². The number of nitrogens with one attached hydrogen (secondary N) is 1. The maximum Gasteiger partial charge on any atom is 0.160 e. The number of fused-ring (bicyclic) bond motifs is 1. The summed E-state index contributed by atoms with van der Waals surface area (Å²) in [5.74, 6) is 0.380. The summed E-state index contributed by atoms with van der Waals surface area (Å²) in [6, 6.07) is 8.98. The van der Waals surface area contributed by atoms with Crippen LogP contribution in [0.4, 0.5) is 0 Å². The maximum atomic E-state index is 10.1. The highest BCUT2D eigenvalue weighted by Crippen LogP contribution is 2.42. The molecule has 6 N–H and O–H groups in total. The highest BCUT2D eigenvalue weighted by molar-refractivity contribution is 6.32. The third kappa shape index (κ3) is 5.81. The second kappa shape index (κ2) is 10.9. The van der Waals surface area contributed by atoms with E-state index in [0.29, 0.717) is 5.02 Å². The zero-order valence-electron chi connectivity index (χ0n) is 17.4. The quantitative estimate of drug-likeness (QED) is 0.279. The predicted molar refractivity (Wildman–Crippen MR) is 122 cm³/mol. The number of phenols is 3. The first-order chi connectivity index (χ1) is 14.5. The molecule has 0 aliphatic heterocycles. The minimum absolute atomic E-state index is 0.0325. The number of hydrogen-bond donors (Lipinski definition) is 5. The van der Waals surface area contributed by atoms with E-state index in [1.54, 1.807) is 12.1 Å². The van der Waals surface area contributed by atoms with Crippen molar-refractivity contribution in [3.05, 3.63) is 52.0 Å². The molecule has 0 heterocycles. The third-order valence-electron chi connectivity index (χ3n) is 6.16. The molecule has 0 amide bonds. The molecule has 5 nitrogen and oxygen atoms in total. The fraction of sp³-hybridized carbons (Fsp3) is 0.500. The molecule has 0 radical (unpaired) electrons. The Morgan fingerprint density at radius 2 is 1.73 bits per heavy atom. The van der Waals surface area contributed by atoms with Gasteiger partial charge in [0.1, 0.15) is 5.75 Å². The van der Waals surface area contributed by atoms with Crippen molar-refractivity contribution in [2.75, 3.05) is 13.1 Å². The average Bonchev–Trinajstić information content (AvgIpc) is 2.73. The number of phenolic OH excluding ortho intramolecular Hbond substituents is 3. The lowest BCUT2D eigenvalue weighted by Gasteiger charge is -2.32. The summed E-state index contributed by atoms with van der Waals surface area (Å²) in [5.41, 5.74) is 9.47. The van der Waals surface area contributed by atoms with Crippen LogP contribution in [-0.2, 0) is 12.8 Å². The van der Waals surface area contributed by atoms with Gasteiger partial charge in [0, 0.05) is 11.6 Å². The number of halogens is 1. The highest BCUT2D eigenvalue weighted by Gasteiger charge is 2.29. The van der Waals surface area contributed by atoms with E-state index in [-0.39, 0.29) is 29.2 Å². The number of nitrogens with two attached hydrogens (primary N) is 1. The van der Waals surface area contributed by atoms with Crippen molar-refractivity contribution in [2.24, 2.45) is 5.73 Å². The number of aromatic hydroxyl groups is 3. The van der Waals surface area contributed by atoms with Crippen molar-refractivity contribution < 1.29 is 15.3 Å². The van der Waals surface area contributed by atoms with Gasteiger partial charge in [-0.2, -0.15) is 0 Å². The average molecular weight is 433 g/mol. The van der Waals surface area contributed by atoms with Crippen LogP contribution in [0, 0.1) is 0 Å². The van der Waals surface area contributed by atoms with Gasteiger partial charge >= 0.3 is 0 Å². The van der Waals surface area contributed by atoms with Crippen LogP contribution >= 0.6 is 11.6 Å². The molecule has 0 spiro atoms. The summed E-state index contributed by atoms with van der Waals surface area (Å²) < 4.78 is 0. The Bertz CT molecular complexity index is 843. The molecular weight excluding hydrogens is 400 g/mol. The lowest BCUT2D eigenvalue weighted by atomic mass is 9.76. The molecule has 2 atom stereocenters. The summed E-state index contributed by atoms with van der Waals surface area (Å²) in [5, 5.41) is 33.2. The van der Waals surface area contributed by atoms with E-state index in [1.165, 1.54) is 6.42 Å². The van der Waals surface area contributed by atoms with Crippen molar-refractivity contribution in [2.45, 2.75) is 63.3 Å². The molecule has 2 unspecified atom stereocenters. The molecule has 6 heteroatoms. The van der Waals surface area contributed by atoms with Crippen LogP contribution in [0.2, 0.25) is 5.02 Å². The molecule has 3 rings (SSSR count). The van der Waals surface area contributed by atoms with E-state index in [2.05, 4.69) is 5.32 Å². The van der Waals surface area contributed by atoms with E-state index < -0.39 is 0 Å².